The summed E-state index contributed by atoms with van der Waals surface area (Å²) in [7, 11) is 0. The first kappa shape index (κ1) is 24.2. The van der Waals surface area contributed by atoms with Gasteiger partial charge in [0.2, 0.25) is 0 Å². The molecule has 0 fully saturated rings. The fourth-order valence-corrected chi connectivity index (χ4v) is 3.92. The maximum Gasteiger partial charge on any atom is 0.405 e. The molecule has 174 valence electrons. The lowest BCUT2D eigenvalue weighted by atomic mass is 10.1. The standard InChI is InChI=1S/C23H22F3N3O3S/c1-4-32-17-9-7-15(8-10-17)22-28-14(3)19(33-22)21(31)29-18-11-16(6-5-13(18)2)20(30)27-12-23(24,25)26/h5-11H,4,12H2,1-3H3,(H,27,30)(H,29,31). The van der Waals surface area contributed by atoms with Gasteiger partial charge in [0.05, 0.1) is 12.3 Å². The summed E-state index contributed by atoms with van der Waals surface area (Å²) in [6.07, 6.45) is -4.51. The first-order valence-corrected chi connectivity index (χ1v) is 10.9. The number of thiazole rings is 1. The third-order valence-electron chi connectivity index (χ3n) is 4.61. The lowest BCUT2D eigenvalue weighted by molar-refractivity contribution is -0.123. The van der Waals surface area contributed by atoms with E-state index in [1.165, 1.54) is 23.5 Å². The van der Waals surface area contributed by atoms with E-state index in [1.807, 2.05) is 36.5 Å². The van der Waals surface area contributed by atoms with Crippen LogP contribution < -0.4 is 15.4 Å². The number of aromatic nitrogens is 1. The Balaban J connectivity index is 1.77. The number of aryl methyl sites for hydroxylation is 2. The normalized spacial score (nSPS) is 11.2. The van der Waals surface area contributed by atoms with Crippen LogP contribution in [0.2, 0.25) is 0 Å². The highest BCUT2D eigenvalue weighted by Crippen LogP contribution is 2.30. The van der Waals surface area contributed by atoms with E-state index in [2.05, 4.69) is 10.3 Å². The van der Waals surface area contributed by atoms with Gasteiger partial charge in [-0.15, -0.1) is 11.3 Å². The summed E-state index contributed by atoms with van der Waals surface area (Å²) in [5.41, 5.74) is 2.37. The number of carbonyl (C=O) groups is 2. The second kappa shape index (κ2) is 10.0. The van der Waals surface area contributed by atoms with Gasteiger partial charge in [0.1, 0.15) is 22.2 Å². The molecule has 1 heterocycles. The fraction of sp³-hybridized carbons (Fsp3) is 0.261. The highest BCUT2D eigenvalue weighted by Gasteiger charge is 2.28. The summed E-state index contributed by atoms with van der Waals surface area (Å²) in [6, 6.07) is 11.7. The van der Waals surface area contributed by atoms with Crippen molar-refractivity contribution in [2.45, 2.75) is 26.9 Å². The van der Waals surface area contributed by atoms with Crippen molar-refractivity contribution in [3.05, 3.63) is 64.2 Å². The third-order valence-corrected chi connectivity index (χ3v) is 5.82. The Morgan fingerprint density at radius 2 is 1.76 bits per heavy atom. The zero-order valence-corrected chi connectivity index (χ0v) is 19.0. The van der Waals surface area contributed by atoms with Crippen LogP contribution in [0.5, 0.6) is 5.75 Å². The fourth-order valence-electron chi connectivity index (χ4n) is 2.95. The van der Waals surface area contributed by atoms with Gasteiger partial charge >= 0.3 is 6.18 Å². The highest BCUT2D eigenvalue weighted by atomic mass is 32.1. The van der Waals surface area contributed by atoms with E-state index in [9.17, 15) is 22.8 Å². The van der Waals surface area contributed by atoms with E-state index < -0.39 is 24.5 Å². The Morgan fingerprint density at radius 1 is 1.06 bits per heavy atom. The summed E-state index contributed by atoms with van der Waals surface area (Å²) < 4.78 is 42.5. The van der Waals surface area contributed by atoms with Gasteiger partial charge in [-0.1, -0.05) is 6.07 Å². The Hall–Kier alpha value is -3.40. The highest BCUT2D eigenvalue weighted by molar-refractivity contribution is 7.17. The molecule has 0 aliphatic carbocycles. The van der Waals surface area contributed by atoms with Gasteiger partial charge < -0.3 is 15.4 Å². The van der Waals surface area contributed by atoms with Gasteiger partial charge in [0.15, 0.2) is 0 Å². The van der Waals surface area contributed by atoms with E-state index in [-0.39, 0.29) is 5.56 Å². The molecule has 2 aromatic carbocycles. The smallest absolute Gasteiger partial charge is 0.405 e. The van der Waals surface area contributed by atoms with Crippen molar-refractivity contribution in [2.75, 3.05) is 18.5 Å². The van der Waals surface area contributed by atoms with Crippen molar-refractivity contribution >= 4 is 28.8 Å². The summed E-state index contributed by atoms with van der Waals surface area (Å²) >= 11 is 1.22. The van der Waals surface area contributed by atoms with Gasteiger partial charge in [-0.05, 0) is 62.7 Å². The predicted octanol–water partition coefficient (Wildman–Crippen LogP) is 5.37. The SMILES string of the molecule is CCOc1ccc(-c2nc(C)c(C(=O)Nc3cc(C(=O)NCC(F)(F)F)ccc3C)s2)cc1. The predicted molar refractivity (Wildman–Crippen MR) is 121 cm³/mol. The number of amides is 2. The Bertz CT molecular complexity index is 1160. The molecule has 2 N–H and O–H groups in total. The molecule has 0 saturated heterocycles. The minimum atomic E-state index is -4.51. The van der Waals surface area contributed by atoms with Crippen LogP contribution in [0.4, 0.5) is 18.9 Å². The van der Waals surface area contributed by atoms with Crippen LogP contribution in [0, 0.1) is 13.8 Å². The lowest BCUT2D eigenvalue weighted by Gasteiger charge is -2.12. The van der Waals surface area contributed by atoms with Crippen molar-refractivity contribution in [3.8, 4) is 16.3 Å². The second-order valence-corrected chi connectivity index (χ2v) is 8.17. The zero-order chi connectivity index (χ0) is 24.2. The van der Waals surface area contributed by atoms with E-state index >= 15 is 0 Å². The molecule has 0 aliphatic heterocycles. The molecule has 0 atom stereocenters. The summed E-state index contributed by atoms with van der Waals surface area (Å²) in [5, 5.41) is 5.22. The molecule has 0 unspecified atom stereocenters. The van der Waals surface area contributed by atoms with Gasteiger partial charge in [-0.25, -0.2) is 4.98 Å². The van der Waals surface area contributed by atoms with E-state index in [1.54, 1.807) is 19.9 Å². The Labute approximate surface area is 192 Å². The van der Waals surface area contributed by atoms with Crippen LogP contribution >= 0.6 is 11.3 Å². The Kier molecular flexibility index (Phi) is 7.37. The summed E-state index contributed by atoms with van der Waals surface area (Å²) in [5.74, 6) is -0.560. The number of ether oxygens (including phenoxy) is 1. The maximum atomic E-state index is 12.9. The minimum Gasteiger partial charge on any atom is -0.494 e. The minimum absolute atomic E-state index is 0.0104. The van der Waals surface area contributed by atoms with Crippen LogP contribution in [-0.2, 0) is 0 Å². The number of nitrogens with one attached hydrogen (secondary N) is 2. The molecular weight excluding hydrogens is 455 g/mol. The van der Waals surface area contributed by atoms with Gasteiger partial charge in [-0.3, -0.25) is 9.59 Å². The molecule has 2 amide bonds. The van der Waals surface area contributed by atoms with E-state index in [0.717, 1.165) is 11.3 Å². The number of rotatable bonds is 7. The molecule has 0 radical (unpaired) electrons. The first-order chi connectivity index (χ1) is 15.6. The number of alkyl halides is 3. The molecule has 3 aromatic rings. The first-order valence-electron chi connectivity index (χ1n) is 10.0. The number of anilines is 1. The van der Waals surface area contributed by atoms with Gasteiger partial charge in [-0.2, -0.15) is 13.2 Å². The van der Waals surface area contributed by atoms with Crippen molar-refractivity contribution in [1.82, 2.24) is 10.3 Å². The molecular formula is C23H22F3N3O3S. The second-order valence-electron chi connectivity index (χ2n) is 7.17. The lowest BCUT2D eigenvalue weighted by Crippen LogP contribution is -2.33. The van der Waals surface area contributed by atoms with Crippen molar-refractivity contribution in [3.63, 3.8) is 0 Å². The van der Waals surface area contributed by atoms with Crippen LogP contribution in [0.3, 0.4) is 0 Å². The molecule has 0 saturated carbocycles. The summed E-state index contributed by atoms with van der Waals surface area (Å²) in [6.45, 7) is 4.46. The number of hydrogen-bond acceptors (Lipinski definition) is 5. The largest absolute Gasteiger partial charge is 0.494 e. The molecule has 3 rings (SSSR count). The van der Waals surface area contributed by atoms with Crippen LogP contribution in [-0.4, -0.2) is 36.1 Å². The van der Waals surface area contributed by atoms with E-state index in [0.29, 0.717) is 33.4 Å². The summed E-state index contributed by atoms with van der Waals surface area (Å²) in [4.78, 5) is 29.8. The third kappa shape index (κ3) is 6.32. The average molecular weight is 478 g/mol. The monoisotopic (exact) mass is 477 g/mol. The van der Waals surface area contributed by atoms with Crippen LogP contribution in [0.1, 0.15) is 38.2 Å². The molecule has 6 nitrogen and oxygen atoms in total. The number of nitrogens with zero attached hydrogens (tertiary/aromatic N) is 1. The van der Waals surface area contributed by atoms with E-state index in [4.69, 9.17) is 4.74 Å². The molecule has 0 spiro atoms. The van der Waals surface area contributed by atoms with Crippen LogP contribution in [0.25, 0.3) is 10.6 Å². The van der Waals surface area contributed by atoms with Crippen LogP contribution in [0.15, 0.2) is 42.5 Å². The topological polar surface area (TPSA) is 80.3 Å². The molecule has 0 aliphatic rings. The number of benzene rings is 2. The molecule has 0 bridgehead atoms. The van der Waals surface area contributed by atoms with Gasteiger partial charge in [0.25, 0.3) is 11.8 Å². The number of hydrogen-bond donors (Lipinski definition) is 2. The number of carbonyl (C=O) groups excluding carboxylic acids is 2. The average Bonchev–Trinajstić information content (AvgIpc) is 3.15. The zero-order valence-electron chi connectivity index (χ0n) is 18.2. The number of halogens is 3. The Morgan fingerprint density at radius 3 is 2.39 bits per heavy atom. The van der Waals surface area contributed by atoms with Gasteiger partial charge in [0, 0.05) is 16.8 Å². The maximum absolute atomic E-state index is 12.9. The molecule has 1 aromatic heterocycles. The van der Waals surface area contributed by atoms with Crippen molar-refractivity contribution < 1.29 is 27.5 Å². The molecule has 33 heavy (non-hydrogen) atoms. The van der Waals surface area contributed by atoms with Crippen molar-refractivity contribution in [1.29, 1.82) is 0 Å². The van der Waals surface area contributed by atoms with Crippen molar-refractivity contribution in [2.24, 2.45) is 0 Å². The molecule has 10 heteroatoms. The quantitative estimate of drug-likeness (QED) is 0.480.